The number of hydrogen-bond acceptors (Lipinski definition) is 4. The zero-order valence-electron chi connectivity index (χ0n) is 11.2. The third-order valence-electron chi connectivity index (χ3n) is 2.03. The van der Waals surface area contributed by atoms with E-state index in [0.29, 0.717) is 0 Å². The number of ketones is 2. The molecular weight excluding hydrogens is 244 g/mol. The van der Waals surface area contributed by atoms with Crippen molar-refractivity contribution in [3.05, 3.63) is 42.0 Å². The molecule has 0 heterocycles. The number of ether oxygens (including phenoxy) is 1. The number of benzene rings is 1. The molecule has 0 atom stereocenters. The molecule has 0 saturated carbocycles. The third-order valence-corrected chi connectivity index (χ3v) is 2.03. The molecule has 0 aliphatic rings. The van der Waals surface area contributed by atoms with Gasteiger partial charge in [0.1, 0.15) is 5.60 Å². The molecule has 0 radical (unpaired) electrons. The molecule has 100 valence electrons. The van der Waals surface area contributed by atoms with Crippen molar-refractivity contribution in [2.24, 2.45) is 0 Å². The van der Waals surface area contributed by atoms with Gasteiger partial charge in [-0.05, 0) is 32.4 Å². The Morgan fingerprint density at radius 2 is 1.63 bits per heavy atom. The fourth-order valence-corrected chi connectivity index (χ4v) is 1.24. The topological polar surface area (TPSA) is 60.4 Å². The van der Waals surface area contributed by atoms with Gasteiger partial charge in [-0.1, -0.05) is 36.4 Å². The van der Waals surface area contributed by atoms with Crippen LogP contribution in [0.25, 0.3) is 6.08 Å². The van der Waals surface area contributed by atoms with Gasteiger partial charge in [-0.3, -0.25) is 9.59 Å². The minimum atomic E-state index is -1.16. The molecule has 1 aromatic carbocycles. The van der Waals surface area contributed by atoms with Crippen molar-refractivity contribution in [2.45, 2.75) is 26.4 Å². The van der Waals surface area contributed by atoms with Gasteiger partial charge in [-0.2, -0.15) is 0 Å². The van der Waals surface area contributed by atoms with E-state index in [1.807, 2.05) is 6.07 Å². The molecule has 1 aromatic rings. The molecule has 19 heavy (non-hydrogen) atoms. The number of carbonyl (C=O) groups is 3. The number of carbonyl (C=O) groups excluding carboxylic acids is 3. The van der Waals surface area contributed by atoms with Crippen LogP contribution in [0.4, 0.5) is 0 Å². The van der Waals surface area contributed by atoms with Crippen LogP contribution in [0.5, 0.6) is 0 Å². The van der Waals surface area contributed by atoms with Crippen LogP contribution in [0, 0.1) is 0 Å². The van der Waals surface area contributed by atoms with E-state index in [0.717, 1.165) is 11.6 Å². The van der Waals surface area contributed by atoms with Crippen molar-refractivity contribution in [3.63, 3.8) is 0 Å². The van der Waals surface area contributed by atoms with Gasteiger partial charge in [-0.15, -0.1) is 0 Å². The second kappa shape index (κ2) is 6.09. The van der Waals surface area contributed by atoms with Crippen LogP contribution in [0.2, 0.25) is 0 Å². The molecular formula is C15H16O4. The Morgan fingerprint density at radius 3 is 2.16 bits per heavy atom. The van der Waals surface area contributed by atoms with Gasteiger partial charge >= 0.3 is 11.8 Å². The quantitative estimate of drug-likeness (QED) is 0.360. The largest absolute Gasteiger partial charge is 0.454 e. The Hall–Kier alpha value is -2.23. The molecule has 0 saturated heterocycles. The molecule has 0 unspecified atom stereocenters. The summed E-state index contributed by atoms with van der Waals surface area (Å²) in [5.41, 5.74) is -0.0243. The minimum absolute atomic E-state index is 0.771. The van der Waals surface area contributed by atoms with Crippen molar-refractivity contribution < 1.29 is 19.1 Å². The fraction of sp³-hybridized carbons (Fsp3) is 0.267. The molecule has 0 aliphatic carbocycles. The summed E-state index contributed by atoms with van der Waals surface area (Å²) < 4.78 is 4.83. The minimum Gasteiger partial charge on any atom is -0.454 e. The number of allylic oxidation sites excluding steroid dienone is 1. The van der Waals surface area contributed by atoms with Crippen LogP contribution in [0.3, 0.4) is 0 Å². The first-order valence-corrected chi connectivity index (χ1v) is 5.84. The summed E-state index contributed by atoms with van der Waals surface area (Å²) in [5, 5.41) is 0. The molecule has 0 N–H and O–H groups in total. The lowest BCUT2D eigenvalue weighted by Crippen LogP contribution is -2.32. The SMILES string of the molecule is CC(C)(C)OC(=O)C(=O)C(=O)/C=C/c1ccccc1. The Bertz CT molecular complexity index is 507. The fourth-order valence-electron chi connectivity index (χ4n) is 1.24. The Morgan fingerprint density at radius 1 is 1.05 bits per heavy atom. The average molecular weight is 260 g/mol. The summed E-state index contributed by atoms with van der Waals surface area (Å²) >= 11 is 0. The zero-order chi connectivity index (χ0) is 14.5. The van der Waals surface area contributed by atoms with E-state index >= 15 is 0 Å². The molecule has 0 bridgehead atoms. The van der Waals surface area contributed by atoms with E-state index in [1.54, 1.807) is 45.0 Å². The molecule has 0 amide bonds. The second-order valence-electron chi connectivity index (χ2n) is 4.94. The molecule has 0 fully saturated rings. The first kappa shape index (κ1) is 14.8. The Kier molecular flexibility index (Phi) is 4.75. The van der Waals surface area contributed by atoms with Crippen molar-refractivity contribution in [1.82, 2.24) is 0 Å². The van der Waals surface area contributed by atoms with Gasteiger partial charge < -0.3 is 4.74 Å². The highest BCUT2D eigenvalue weighted by molar-refractivity contribution is 6.64. The van der Waals surface area contributed by atoms with Crippen molar-refractivity contribution in [3.8, 4) is 0 Å². The summed E-state index contributed by atoms with van der Waals surface area (Å²) in [6.07, 6.45) is 2.55. The summed E-state index contributed by atoms with van der Waals surface area (Å²) in [6.45, 7) is 4.88. The number of hydrogen-bond donors (Lipinski definition) is 0. The molecule has 0 spiro atoms. The van der Waals surface area contributed by atoms with E-state index in [2.05, 4.69) is 0 Å². The lowest BCUT2D eigenvalue weighted by molar-refractivity contribution is -0.163. The molecule has 0 aliphatic heterocycles. The van der Waals surface area contributed by atoms with Gasteiger partial charge in [0.15, 0.2) is 0 Å². The van der Waals surface area contributed by atoms with Gasteiger partial charge in [0.2, 0.25) is 5.78 Å². The highest BCUT2D eigenvalue weighted by Crippen LogP contribution is 2.07. The summed E-state index contributed by atoms with van der Waals surface area (Å²) in [7, 11) is 0. The Labute approximate surface area is 112 Å². The van der Waals surface area contributed by atoms with Crippen LogP contribution in [-0.2, 0) is 19.1 Å². The summed E-state index contributed by atoms with van der Waals surface area (Å²) in [6, 6.07) is 9.01. The van der Waals surface area contributed by atoms with Crippen LogP contribution in [0.15, 0.2) is 36.4 Å². The van der Waals surface area contributed by atoms with E-state index in [1.165, 1.54) is 6.08 Å². The first-order chi connectivity index (χ1) is 8.79. The molecule has 0 aromatic heterocycles. The van der Waals surface area contributed by atoms with Gasteiger partial charge in [0, 0.05) is 0 Å². The summed E-state index contributed by atoms with van der Waals surface area (Å²) in [5.74, 6) is -3.18. The van der Waals surface area contributed by atoms with Crippen LogP contribution >= 0.6 is 0 Å². The molecule has 1 rings (SSSR count). The Balaban J connectivity index is 2.66. The van der Waals surface area contributed by atoms with Crippen LogP contribution in [-0.4, -0.2) is 23.1 Å². The zero-order valence-corrected chi connectivity index (χ0v) is 11.2. The van der Waals surface area contributed by atoms with Crippen LogP contribution < -0.4 is 0 Å². The third kappa shape index (κ3) is 5.29. The predicted molar refractivity (Wildman–Crippen MR) is 71.3 cm³/mol. The van der Waals surface area contributed by atoms with Gasteiger partial charge in [-0.25, -0.2) is 4.79 Å². The monoisotopic (exact) mass is 260 g/mol. The maximum Gasteiger partial charge on any atom is 0.383 e. The predicted octanol–water partition coefficient (Wildman–Crippen LogP) is 2.18. The molecule has 4 nitrogen and oxygen atoms in total. The number of rotatable bonds is 4. The lowest BCUT2D eigenvalue weighted by Gasteiger charge is -2.18. The van der Waals surface area contributed by atoms with Gasteiger partial charge in [0.05, 0.1) is 0 Å². The van der Waals surface area contributed by atoms with Gasteiger partial charge in [0.25, 0.3) is 0 Å². The van der Waals surface area contributed by atoms with E-state index in [4.69, 9.17) is 4.74 Å². The number of Topliss-reactive ketones (excluding diaryl/α,β-unsaturated/α-hetero) is 1. The highest BCUT2D eigenvalue weighted by Gasteiger charge is 2.26. The second-order valence-corrected chi connectivity index (χ2v) is 4.94. The lowest BCUT2D eigenvalue weighted by atomic mass is 10.1. The van der Waals surface area contributed by atoms with E-state index in [-0.39, 0.29) is 0 Å². The maximum absolute atomic E-state index is 11.5. The number of esters is 1. The van der Waals surface area contributed by atoms with Crippen molar-refractivity contribution >= 4 is 23.6 Å². The first-order valence-electron chi connectivity index (χ1n) is 5.84. The summed E-state index contributed by atoms with van der Waals surface area (Å²) in [4.78, 5) is 34.4. The average Bonchev–Trinajstić information content (AvgIpc) is 2.34. The van der Waals surface area contributed by atoms with Crippen molar-refractivity contribution in [1.29, 1.82) is 0 Å². The van der Waals surface area contributed by atoms with Crippen molar-refractivity contribution in [2.75, 3.05) is 0 Å². The van der Waals surface area contributed by atoms with E-state index < -0.39 is 23.1 Å². The van der Waals surface area contributed by atoms with Crippen LogP contribution in [0.1, 0.15) is 26.3 Å². The highest BCUT2D eigenvalue weighted by atomic mass is 16.6. The molecule has 4 heteroatoms. The van der Waals surface area contributed by atoms with E-state index in [9.17, 15) is 14.4 Å². The maximum atomic E-state index is 11.5. The standard InChI is InChI=1S/C15H16O4/c1-15(2,3)19-14(18)13(17)12(16)10-9-11-7-5-4-6-8-11/h4-10H,1-3H3/b10-9+. The normalized spacial score (nSPS) is 11.3. The smallest absolute Gasteiger partial charge is 0.383 e.